The van der Waals surface area contributed by atoms with Crippen LogP contribution in [0, 0.1) is 0 Å². The van der Waals surface area contributed by atoms with Crippen LogP contribution in [0.2, 0.25) is 0 Å². The van der Waals surface area contributed by atoms with Gasteiger partial charge in [-0.15, -0.1) is 10.2 Å². The summed E-state index contributed by atoms with van der Waals surface area (Å²) in [4.78, 5) is 12.5. The molecule has 0 aromatic carbocycles. The van der Waals surface area contributed by atoms with Gasteiger partial charge in [-0.3, -0.25) is 9.20 Å². The second-order valence-corrected chi connectivity index (χ2v) is 6.28. The van der Waals surface area contributed by atoms with Crippen molar-refractivity contribution in [3.8, 4) is 0 Å². The number of carbonyl (C=O) groups is 1. The number of nitrogens with zero attached hydrogens (tertiary/aromatic N) is 4. The van der Waals surface area contributed by atoms with Crippen molar-refractivity contribution in [2.24, 2.45) is 7.05 Å². The third kappa shape index (κ3) is 3.24. The fourth-order valence-electron chi connectivity index (χ4n) is 2.53. The number of carbonyl (C=O) groups excluding carboxylic acids is 1. The van der Waals surface area contributed by atoms with E-state index in [4.69, 9.17) is 0 Å². The standard InChI is InChI=1S/C16H19N5OS/c1-20-9-5-6-13(20)16(22)17-12(8-11-23-2)15-19-18-14-7-3-4-10-21(14)15/h3-7,9-10,12H,8,11H2,1-2H3,(H,17,22). The second kappa shape index (κ2) is 6.87. The lowest BCUT2D eigenvalue weighted by Gasteiger charge is -2.17. The van der Waals surface area contributed by atoms with Crippen molar-refractivity contribution in [2.45, 2.75) is 12.5 Å². The van der Waals surface area contributed by atoms with Gasteiger partial charge in [-0.05, 0) is 42.7 Å². The highest BCUT2D eigenvalue weighted by Crippen LogP contribution is 2.19. The fraction of sp³-hybridized carbons (Fsp3) is 0.312. The van der Waals surface area contributed by atoms with Gasteiger partial charge in [0.2, 0.25) is 0 Å². The summed E-state index contributed by atoms with van der Waals surface area (Å²) < 4.78 is 3.74. The topological polar surface area (TPSA) is 64.2 Å². The first-order chi connectivity index (χ1) is 11.2. The zero-order valence-electron chi connectivity index (χ0n) is 13.1. The zero-order valence-corrected chi connectivity index (χ0v) is 14.0. The van der Waals surface area contributed by atoms with Gasteiger partial charge in [0.15, 0.2) is 11.5 Å². The minimum atomic E-state index is -0.178. The van der Waals surface area contributed by atoms with Crippen molar-refractivity contribution in [1.29, 1.82) is 0 Å². The molecular formula is C16H19N5OS. The lowest BCUT2D eigenvalue weighted by atomic mass is 10.2. The maximum atomic E-state index is 12.5. The van der Waals surface area contributed by atoms with Crippen LogP contribution in [-0.2, 0) is 7.05 Å². The molecule has 0 aliphatic heterocycles. The van der Waals surface area contributed by atoms with Crippen molar-refractivity contribution >= 4 is 23.3 Å². The van der Waals surface area contributed by atoms with Gasteiger partial charge in [-0.25, -0.2) is 0 Å². The first-order valence-corrected chi connectivity index (χ1v) is 8.81. The monoisotopic (exact) mass is 329 g/mol. The Labute approximate surface area is 138 Å². The van der Waals surface area contributed by atoms with Gasteiger partial charge < -0.3 is 9.88 Å². The van der Waals surface area contributed by atoms with Gasteiger partial charge in [0.1, 0.15) is 5.69 Å². The number of hydrogen-bond acceptors (Lipinski definition) is 4. The Kier molecular flexibility index (Phi) is 4.66. The highest BCUT2D eigenvalue weighted by Gasteiger charge is 2.21. The van der Waals surface area contributed by atoms with Gasteiger partial charge in [-0.2, -0.15) is 11.8 Å². The molecule has 0 saturated carbocycles. The minimum Gasteiger partial charge on any atom is -0.347 e. The molecule has 3 aromatic heterocycles. The smallest absolute Gasteiger partial charge is 0.268 e. The second-order valence-electron chi connectivity index (χ2n) is 5.30. The van der Waals surface area contributed by atoms with E-state index in [2.05, 4.69) is 21.8 Å². The molecule has 0 fully saturated rings. The molecule has 0 spiro atoms. The maximum absolute atomic E-state index is 12.5. The van der Waals surface area contributed by atoms with Gasteiger partial charge in [0.05, 0.1) is 6.04 Å². The van der Waals surface area contributed by atoms with E-state index in [9.17, 15) is 4.79 Å². The number of fused-ring (bicyclic) bond motifs is 1. The number of rotatable bonds is 6. The number of amides is 1. The first-order valence-electron chi connectivity index (χ1n) is 7.41. The molecule has 1 amide bonds. The Morgan fingerprint density at radius 3 is 2.87 bits per heavy atom. The van der Waals surface area contributed by atoms with Crippen LogP contribution in [0.15, 0.2) is 42.7 Å². The molecule has 1 atom stereocenters. The largest absolute Gasteiger partial charge is 0.347 e. The lowest BCUT2D eigenvalue weighted by Crippen LogP contribution is -2.31. The lowest BCUT2D eigenvalue weighted by molar-refractivity contribution is 0.0925. The summed E-state index contributed by atoms with van der Waals surface area (Å²) in [6.45, 7) is 0. The van der Waals surface area contributed by atoms with E-state index in [0.29, 0.717) is 5.69 Å². The molecule has 120 valence electrons. The molecule has 3 rings (SSSR count). The van der Waals surface area contributed by atoms with E-state index in [0.717, 1.165) is 23.6 Å². The fourth-order valence-corrected chi connectivity index (χ4v) is 3.00. The van der Waals surface area contributed by atoms with Crippen LogP contribution in [-0.4, -0.2) is 37.1 Å². The number of aromatic nitrogens is 4. The summed E-state index contributed by atoms with van der Waals surface area (Å²) >= 11 is 1.75. The number of nitrogens with one attached hydrogen (secondary N) is 1. The maximum Gasteiger partial charge on any atom is 0.268 e. The molecule has 0 aliphatic carbocycles. The molecule has 23 heavy (non-hydrogen) atoms. The van der Waals surface area contributed by atoms with Crippen molar-refractivity contribution in [3.63, 3.8) is 0 Å². The Balaban J connectivity index is 1.89. The van der Waals surface area contributed by atoms with Crippen LogP contribution in [0.3, 0.4) is 0 Å². The molecule has 7 heteroatoms. The van der Waals surface area contributed by atoms with E-state index < -0.39 is 0 Å². The van der Waals surface area contributed by atoms with Gasteiger partial charge in [0.25, 0.3) is 5.91 Å². The predicted octanol–water partition coefficient (Wildman–Crippen LogP) is 2.29. The third-order valence-corrected chi connectivity index (χ3v) is 4.39. The summed E-state index contributed by atoms with van der Waals surface area (Å²) in [6, 6.07) is 9.25. The number of pyridine rings is 1. The van der Waals surface area contributed by atoms with E-state index in [1.165, 1.54) is 0 Å². The van der Waals surface area contributed by atoms with Crippen molar-refractivity contribution in [3.05, 3.63) is 54.2 Å². The Bertz CT molecular complexity index is 810. The SMILES string of the molecule is CSCCC(NC(=O)c1cccn1C)c1nnc2ccccn12. The molecular weight excluding hydrogens is 310 g/mol. The van der Waals surface area contributed by atoms with Gasteiger partial charge >= 0.3 is 0 Å². The average Bonchev–Trinajstić information content (AvgIpc) is 3.17. The van der Waals surface area contributed by atoms with Gasteiger partial charge in [0, 0.05) is 19.4 Å². The van der Waals surface area contributed by atoms with Crippen molar-refractivity contribution < 1.29 is 4.79 Å². The summed E-state index contributed by atoms with van der Waals surface area (Å²) in [5.41, 5.74) is 1.41. The van der Waals surface area contributed by atoms with E-state index in [1.54, 1.807) is 11.8 Å². The highest BCUT2D eigenvalue weighted by atomic mass is 32.2. The normalized spacial score (nSPS) is 12.4. The molecule has 6 nitrogen and oxygen atoms in total. The van der Waals surface area contributed by atoms with Crippen LogP contribution in [0.1, 0.15) is 28.8 Å². The Morgan fingerprint density at radius 1 is 1.26 bits per heavy atom. The van der Waals surface area contributed by atoms with Crippen molar-refractivity contribution in [1.82, 2.24) is 24.5 Å². The van der Waals surface area contributed by atoms with Crippen LogP contribution in [0.5, 0.6) is 0 Å². The summed E-state index contributed by atoms with van der Waals surface area (Å²) in [5, 5.41) is 11.6. The summed E-state index contributed by atoms with van der Waals surface area (Å²) in [7, 11) is 1.86. The molecule has 3 aromatic rings. The summed E-state index contributed by atoms with van der Waals surface area (Å²) in [5.74, 6) is 1.59. The van der Waals surface area contributed by atoms with Crippen molar-refractivity contribution in [2.75, 3.05) is 12.0 Å². The zero-order chi connectivity index (χ0) is 16.2. The van der Waals surface area contributed by atoms with E-state index in [1.807, 2.05) is 58.7 Å². The minimum absolute atomic E-state index is 0.101. The van der Waals surface area contributed by atoms with Gasteiger partial charge in [-0.1, -0.05) is 6.07 Å². The summed E-state index contributed by atoms with van der Waals surface area (Å²) in [6.07, 6.45) is 6.63. The Hall–Kier alpha value is -2.28. The van der Waals surface area contributed by atoms with Crippen LogP contribution < -0.4 is 5.32 Å². The molecule has 1 unspecified atom stereocenters. The molecule has 0 aliphatic rings. The average molecular weight is 329 g/mol. The molecule has 1 N–H and O–H groups in total. The van der Waals surface area contributed by atoms with Crippen LogP contribution >= 0.6 is 11.8 Å². The molecule has 3 heterocycles. The van der Waals surface area contributed by atoms with E-state index in [-0.39, 0.29) is 11.9 Å². The third-order valence-electron chi connectivity index (χ3n) is 3.74. The molecule has 0 saturated heterocycles. The quantitative estimate of drug-likeness (QED) is 0.754. The van der Waals surface area contributed by atoms with E-state index >= 15 is 0 Å². The molecule has 0 bridgehead atoms. The number of aryl methyl sites for hydroxylation is 1. The number of thioether (sulfide) groups is 1. The highest BCUT2D eigenvalue weighted by molar-refractivity contribution is 7.98. The first kappa shape index (κ1) is 15.6. The molecule has 0 radical (unpaired) electrons. The van der Waals surface area contributed by atoms with Crippen LogP contribution in [0.25, 0.3) is 5.65 Å². The predicted molar refractivity (Wildman–Crippen MR) is 91.6 cm³/mol. The number of hydrogen-bond donors (Lipinski definition) is 1. The Morgan fingerprint density at radius 2 is 2.13 bits per heavy atom. The van der Waals surface area contributed by atoms with Crippen LogP contribution in [0.4, 0.5) is 0 Å².